The van der Waals surface area contributed by atoms with Crippen molar-refractivity contribution in [2.45, 2.75) is 13.5 Å². The van der Waals surface area contributed by atoms with Gasteiger partial charge < -0.3 is 10.2 Å². The van der Waals surface area contributed by atoms with Gasteiger partial charge in [-0.15, -0.1) is 0 Å². The van der Waals surface area contributed by atoms with E-state index in [0.29, 0.717) is 11.6 Å². The van der Waals surface area contributed by atoms with Crippen molar-refractivity contribution < 1.29 is 4.39 Å². The van der Waals surface area contributed by atoms with Crippen LogP contribution >= 0.6 is 0 Å². The number of hydrogen-bond acceptors (Lipinski definition) is 5. The van der Waals surface area contributed by atoms with Crippen LogP contribution in [0.3, 0.4) is 0 Å². The summed E-state index contributed by atoms with van der Waals surface area (Å²) in [6.45, 7) is 7.14. The molecule has 1 aromatic carbocycles. The molecule has 6 heteroatoms. The lowest BCUT2D eigenvalue weighted by molar-refractivity contribution is 0.248. The predicted molar refractivity (Wildman–Crippen MR) is 90.1 cm³/mol. The van der Waals surface area contributed by atoms with E-state index in [1.165, 1.54) is 6.07 Å². The Kier molecular flexibility index (Phi) is 5.02. The summed E-state index contributed by atoms with van der Waals surface area (Å²) in [5, 5.41) is 3.09. The van der Waals surface area contributed by atoms with Crippen LogP contribution in [-0.2, 0) is 6.54 Å². The van der Waals surface area contributed by atoms with Crippen molar-refractivity contribution >= 4 is 11.6 Å². The second kappa shape index (κ2) is 7.37. The van der Waals surface area contributed by atoms with Gasteiger partial charge in [0.15, 0.2) is 0 Å². The third-order valence-electron chi connectivity index (χ3n) is 4.01. The highest BCUT2D eigenvalue weighted by atomic mass is 19.1. The summed E-state index contributed by atoms with van der Waals surface area (Å²) in [6.07, 6.45) is 3.74. The number of aromatic nitrogens is 2. The number of benzene rings is 1. The Bertz CT molecular complexity index is 623. The molecular formula is C17H22FN5. The molecule has 0 saturated carbocycles. The van der Waals surface area contributed by atoms with Gasteiger partial charge in [-0.3, -0.25) is 4.90 Å². The fourth-order valence-electron chi connectivity index (χ4n) is 2.80. The van der Waals surface area contributed by atoms with Crippen molar-refractivity contribution in [3.05, 3.63) is 48.0 Å². The van der Waals surface area contributed by atoms with Crippen molar-refractivity contribution in [1.82, 2.24) is 14.9 Å². The van der Waals surface area contributed by atoms with Crippen LogP contribution in [0.25, 0.3) is 0 Å². The van der Waals surface area contributed by atoms with E-state index < -0.39 is 0 Å². The molecule has 1 N–H and O–H groups in total. The zero-order valence-corrected chi connectivity index (χ0v) is 13.4. The standard InChI is InChI=1S/C17H22FN5/c1-2-19-17-20-11-14(12-21-17)13-22-7-9-23(10-8-22)16-6-4-3-5-15(16)18/h3-6,11-12H,2,7-10,13H2,1H3,(H,19,20,21). The normalized spacial score (nSPS) is 15.7. The van der Waals surface area contributed by atoms with E-state index in [1.807, 2.05) is 31.5 Å². The maximum absolute atomic E-state index is 13.8. The summed E-state index contributed by atoms with van der Waals surface area (Å²) < 4.78 is 13.8. The molecule has 0 atom stereocenters. The molecule has 1 aliphatic heterocycles. The summed E-state index contributed by atoms with van der Waals surface area (Å²) in [5.41, 5.74) is 1.80. The Morgan fingerprint density at radius 1 is 1.09 bits per heavy atom. The van der Waals surface area contributed by atoms with Gasteiger partial charge in [-0.1, -0.05) is 12.1 Å². The first kappa shape index (κ1) is 15.7. The fourth-order valence-corrected chi connectivity index (χ4v) is 2.80. The van der Waals surface area contributed by atoms with Crippen molar-refractivity contribution in [2.75, 3.05) is 42.9 Å². The van der Waals surface area contributed by atoms with E-state index in [2.05, 4.69) is 25.1 Å². The lowest BCUT2D eigenvalue weighted by Crippen LogP contribution is -2.46. The highest BCUT2D eigenvalue weighted by Crippen LogP contribution is 2.20. The molecule has 1 aromatic heterocycles. The number of hydrogen-bond donors (Lipinski definition) is 1. The first-order chi connectivity index (χ1) is 11.3. The topological polar surface area (TPSA) is 44.3 Å². The molecule has 1 aliphatic rings. The number of para-hydroxylation sites is 1. The number of nitrogens with zero attached hydrogens (tertiary/aromatic N) is 4. The first-order valence-electron chi connectivity index (χ1n) is 8.03. The number of piperazine rings is 1. The number of anilines is 2. The van der Waals surface area contributed by atoms with E-state index in [9.17, 15) is 4.39 Å². The van der Waals surface area contributed by atoms with Crippen LogP contribution in [0.2, 0.25) is 0 Å². The average Bonchev–Trinajstić information content (AvgIpc) is 2.58. The summed E-state index contributed by atoms with van der Waals surface area (Å²) in [7, 11) is 0. The SMILES string of the molecule is CCNc1ncc(CN2CCN(c3ccccc3F)CC2)cn1. The molecule has 0 radical (unpaired) electrons. The van der Waals surface area contributed by atoms with Crippen LogP contribution in [0, 0.1) is 5.82 Å². The Morgan fingerprint density at radius 2 is 1.78 bits per heavy atom. The predicted octanol–water partition coefficient (Wildman–Crippen LogP) is 2.37. The van der Waals surface area contributed by atoms with E-state index >= 15 is 0 Å². The minimum atomic E-state index is -0.145. The largest absolute Gasteiger partial charge is 0.367 e. The van der Waals surface area contributed by atoms with Crippen LogP contribution in [0.5, 0.6) is 0 Å². The van der Waals surface area contributed by atoms with Crippen molar-refractivity contribution in [3.63, 3.8) is 0 Å². The molecule has 1 fully saturated rings. The van der Waals surface area contributed by atoms with Crippen LogP contribution in [-0.4, -0.2) is 47.6 Å². The maximum atomic E-state index is 13.8. The minimum Gasteiger partial charge on any atom is -0.367 e. The molecule has 122 valence electrons. The lowest BCUT2D eigenvalue weighted by Gasteiger charge is -2.36. The maximum Gasteiger partial charge on any atom is 0.222 e. The Labute approximate surface area is 136 Å². The zero-order chi connectivity index (χ0) is 16.1. The molecule has 23 heavy (non-hydrogen) atoms. The quantitative estimate of drug-likeness (QED) is 0.918. The molecule has 3 rings (SSSR count). The smallest absolute Gasteiger partial charge is 0.222 e. The molecular weight excluding hydrogens is 293 g/mol. The molecule has 2 heterocycles. The highest BCUT2D eigenvalue weighted by molar-refractivity contribution is 5.48. The van der Waals surface area contributed by atoms with Crippen molar-refractivity contribution in [1.29, 1.82) is 0 Å². The van der Waals surface area contributed by atoms with Gasteiger partial charge in [0.2, 0.25) is 5.95 Å². The van der Waals surface area contributed by atoms with E-state index in [1.54, 1.807) is 6.07 Å². The van der Waals surface area contributed by atoms with Gasteiger partial charge in [0.05, 0.1) is 5.69 Å². The van der Waals surface area contributed by atoms with Gasteiger partial charge >= 0.3 is 0 Å². The Hall–Kier alpha value is -2.21. The molecule has 0 amide bonds. The molecule has 0 spiro atoms. The average molecular weight is 315 g/mol. The third kappa shape index (κ3) is 3.96. The Balaban J connectivity index is 1.54. The minimum absolute atomic E-state index is 0.145. The van der Waals surface area contributed by atoms with Gasteiger partial charge in [-0.25, -0.2) is 14.4 Å². The summed E-state index contributed by atoms with van der Waals surface area (Å²) in [4.78, 5) is 13.1. The van der Waals surface area contributed by atoms with Gasteiger partial charge in [-0.05, 0) is 19.1 Å². The highest BCUT2D eigenvalue weighted by Gasteiger charge is 2.19. The molecule has 0 unspecified atom stereocenters. The van der Waals surface area contributed by atoms with E-state index in [4.69, 9.17) is 0 Å². The van der Waals surface area contributed by atoms with E-state index in [0.717, 1.165) is 44.8 Å². The van der Waals surface area contributed by atoms with Crippen molar-refractivity contribution in [2.24, 2.45) is 0 Å². The van der Waals surface area contributed by atoms with E-state index in [-0.39, 0.29) is 5.82 Å². The van der Waals surface area contributed by atoms with Gasteiger partial charge in [0, 0.05) is 57.2 Å². The molecule has 2 aromatic rings. The molecule has 5 nitrogen and oxygen atoms in total. The van der Waals surface area contributed by atoms with Crippen LogP contribution in [0.15, 0.2) is 36.7 Å². The van der Waals surface area contributed by atoms with Crippen LogP contribution in [0.4, 0.5) is 16.0 Å². The number of rotatable bonds is 5. The zero-order valence-electron chi connectivity index (χ0n) is 13.4. The van der Waals surface area contributed by atoms with Crippen molar-refractivity contribution in [3.8, 4) is 0 Å². The van der Waals surface area contributed by atoms with Gasteiger partial charge in [0.1, 0.15) is 5.82 Å². The monoisotopic (exact) mass is 315 g/mol. The first-order valence-corrected chi connectivity index (χ1v) is 8.03. The number of halogens is 1. The summed E-state index contributed by atoms with van der Waals surface area (Å²) in [5.74, 6) is 0.522. The van der Waals surface area contributed by atoms with Gasteiger partial charge in [0.25, 0.3) is 0 Å². The molecule has 1 saturated heterocycles. The summed E-state index contributed by atoms with van der Waals surface area (Å²) >= 11 is 0. The number of nitrogens with one attached hydrogen (secondary N) is 1. The van der Waals surface area contributed by atoms with Crippen LogP contribution < -0.4 is 10.2 Å². The lowest BCUT2D eigenvalue weighted by atomic mass is 10.2. The Morgan fingerprint density at radius 3 is 2.43 bits per heavy atom. The third-order valence-corrected chi connectivity index (χ3v) is 4.01. The summed E-state index contributed by atoms with van der Waals surface area (Å²) in [6, 6.07) is 6.98. The fraction of sp³-hybridized carbons (Fsp3) is 0.412. The molecule has 0 bridgehead atoms. The van der Waals surface area contributed by atoms with Gasteiger partial charge in [-0.2, -0.15) is 0 Å². The van der Waals surface area contributed by atoms with Crippen LogP contribution in [0.1, 0.15) is 12.5 Å². The molecule has 0 aliphatic carbocycles. The second-order valence-corrected chi connectivity index (χ2v) is 5.66. The second-order valence-electron chi connectivity index (χ2n) is 5.66.